The third kappa shape index (κ3) is 6.15. The van der Waals surface area contributed by atoms with E-state index in [1.165, 1.54) is 30.2 Å². The van der Waals surface area contributed by atoms with Crippen LogP contribution in [0.25, 0.3) is 11.1 Å². The number of thioether (sulfide) groups is 1. The van der Waals surface area contributed by atoms with Crippen molar-refractivity contribution in [1.82, 2.24) is 14.8 Å². The molecule has 0 unspecified atom stereocenters. The molecule has 2 aromatic heterocycles. The Morgan fingerprint density at radius 3 is 2.66 bits per heavy atom. The monoisotopic (exact) mass is 548 g/mol. The van der Waals surface area contributed by atoms with Crippen LogP contribution in [0.1, 0.15) is 27.3 Å². The smallest absolute Gasteiger partial charge is 0.341 e. The SMILES string of the molecule is C=CCn1c(COc2cccc(C)c2C)nnc1SCC(=O)Nc1scc(-c2ccccc2)c1C(=O)OC. The minimum Gasteiger partial charge on any atom is -0.485 e. The summed E-state index contributed by atoms with van der Waals surface area (Å²) in [5, 5.41) is 14.3. The zero-order valence-corrected chi connectivity index (χ0v) is 23.0. The number of hydrogen-bond donors (Lipinski definition) is 1. The third-order valence-electron chi connectivity index (χ3n) is 5.87. The summed E-state index contributed by atoms with van der Waals surface area (Å²) in [6.45, 7) is 8.58. The Kier molecular flexibility index (Phi) is 8.98. The number of benzene rings is 2. The number of methoxy groups -OCH3 is 1. The Bertz CT molecular complexity index is 1450. The lowest BCUT2D eigenvalue weighted by Crippen LogP contribution is -2.16. The summed E-state index contributed by atoms with van der Waals surface area (Å²) in [4.78, 5) is 25.4. The molecule has 0 aliphatic rings. The van der Waals surface area contributed by atoms with E-state index in [-0.39, 0.29) is 18.3 Å². The number of esters is 1. The summed E-state index contributed by atoms with van der Waals surface area (Å²) in [5.41, 5.74) is 4.14. The van der Waals surface area contributed by atoms with Crippen LogP contribution < -0.4 is 10.1 Å². The summed E-state index contributed by atoms with van der Waals surface area (Å²) in [5.74, 6) is 0.716. The van der Waals surface area contributed by atoms with Gasteiger partial charge in [0.05, 0.1) is 12.9 Å². The maximum Gasteiger partial charge on any atom is 0.341 e. The molecule has 196 valence electrons. The van der Waals surface area contributed by atoms with Crippen molar-refractivity contribution in [2.24, 2.45) is 0 Å². The summed E-state index contributed by atoms with van der Waals surface area (Å²) in [6, 6.07) is 15.4. The quantitative estimate of drug-likeness (QED) is 0.142. The highest BCUT2D eigenvalue weighted by Gasteiger charge is 2.23. The third-order valence-corrected chi connectivity index (χ3v) is 7.73. The Balaban J connectivity index is 1.45. The van der Waals surface area contributed by atoms with Crippen LogP contribution in [0.5, 0.6) is 5.75 Å². The maximum atomic E-state index is 12.9. The van der Waals surface area contributed by atoms with Crippen molar-refractivity contribution in [3.8, 4) is 16.9 Å². The van der Waals surface area contributed by atoms with E-state index in [9.17, 15) is 9.59 Å². The second-order valence-corrected chi connectivity index (χ2v) is 10.2. The van der Waals surface area contributed by atoms with Gasteiger partial charge in [-0.3, -0.25) is 9.36 Å². The van der Waals surface area contributed by atoms with Gasteiger partial charge in [0.1, 0.15) is 22.9 Å². The number of aryl methyl sites for hydroxylation is 1. The molecule has 0 spiro atoms. The maximum absolute atomic E-state index is 12.9. The summed E-state index contributed by atoms with van der Waals surface area (Å²) in [6.07, 6.45) is 1.74. The molecule has 1 N–H and O–H groups in total. The van der Waals surface area contributed by atoms with Gasteiger partial charge in [0.2, 0.25) is 5.91 Å². The molecule has 1 amide bonds. The van der Waals surface area contributed by atoms with Crippen LogP contribution in [0.15, 0.2) is 71.7 Å². The lowest BCUT2D eigenvalue weighted by atomic mass is 10.0. The highest BCUT2D eigenvalue weighted by atomic mass is 32.2. The lowest BCUT2D eigenvalue weighted by Gasteiger charge is -2.12. The van der Waals surface area contributed by atoms with Crippen molar-refractivity contribution in [1.29, 1.82) is 0 Å². The molecule has 0 radical (unpaired) electrons. The average Bonchev–Trinajstić information content (AvgIpc) is 3.52. The number of carbonyl (C=O) groups is 2. The normalized spacial score (nSPS) is 10.7. The zero-order chi connectivity index (χ0) is 27.1. The lowest BCUT2D eigenvalue weighted by molar-refractivity contribution is -0.113. The van der Waals surface area contributed by atoms with E-state index in [1.54, 1.807) is 6.08 Å². The standard InChI is InChI=1S/C28H28N4O4S2/c1-5-14-32-23(15-36-22-13-9-10-18(2)19(22)3)30-31-28(32)38-17-24(33)29-26-25(27(34)35-4)21(16-37-26)20-11-7-6-8-12-20/h5-13,16H,1,14-15,17H2,2-4H3,(H,29,33). The predicted molar refractivity (Wildman–Crippen MR) is 151 cm³/mol. The van der Waals surface area contributed by atoms with Crippen molar-refractivity contribution in [2.75, 3.05) is 18.2 Å². The van der Waals surface area contributed by atoms with Crippen LogP contribution in [0.3, 0.4) is 0 Å². The van der Waals surface area contributed by atoms with Crippen LogP contribution in [0, 0.1) is 13.8 Å². The second-order valence-electron chi connectivity index (χ2n) is 8.33. The van der Waals surface area contributed by atoms with Gasteiger partial charge in [0.25, 0.3) is 0 Å². The minimum atomic E-state index is -0.507. The first-order valence-electron chi connectivity index (χ1n) is 11.8. The van der Waals surface area contributed by atoms with Gasteiger partial charge in [-0.15, -0.1) is 28.1 Å². The van der Waals surface area contributed by atoms with Gasteiger partial charge < -0.3 is 14.8 Å². The van der Waals surface area contributed by atoms with Gasteiger partial charge in [-0.05, 0) is 36.6 Å². The van der Waals surface area contributed by atoms with E-state index in [1.807, 2.05) is 72.3 Å². The molecule has 0 fully saturated rings. The number of rotatable bonds is 11. The predicted octanol–water partition coefficient (Wildman–Crippen LogP) is 5.91. The van der Waals surface area contributed by atoms with Crippen molar-refractivity contribution in [3.63, 3.8) is 0 Å². The van der Waals surface area contributed by atoms with Crippen LogP contribution in [0.2, 0.25) is 0 Å². The average molecular weight is 549 g/mol. The van der Waals surface area contributed by atoms with Gasteiger partial charge in [-0.2, -0.15) is 0 Å². The number of ether oxygens (including phenoxy) is 2. The largest absolute Gasteiger partial charge is 0.485 e. The van der Waals surface area contributed by atoms with E-state index < -0.39 is 5.97 Å². The van der Waals surface area contributed by atoms with Crippen LogP contribution in [-0.2, 0) is 22.7 Å². The molecule has 2 aromatic carbocycles. The highest BCUT2D eigenvalue weighted by Crippen LogP contribution is 2.36. The fourth-order valence-electron chi connectivity index (χ4n) is 3.75. The molecule has 0 saturated carbocycles. The van der Waals surface area contributed by atoms with Gasteiger partial charge in [-0.25, -0.2) is 4.79 Å². The van der Waals surface area contributed by atoms with Crippen molar-refractivity contribution >= 4 is 40.0 Å². The number of anilines is 1. The van der Waals surface area contributed by atoms with E-state index in [0.29, 0.717) is 33.7 Å². The van der Waals surface area contributed by atoms with Crippen LogP contribution in [-0.4, -0.2) is 39.5 Å². The number of thiophene rings is 1. The molecule has 0 atom stereocenters. The number of nitrogens with zero attached hydrogens (tertiary/aromatic N) is 3. The molecule has 4 rings (SSSR count). The van der Waals surface area contributed by atoms with Gasteiger partial charge in [0, 0.05) is 17.5 Å². The molecule has 2 heterocycles. The van der Waals surface area contributed by atoms with E-state index >= 15 is 0 Å². The second kappa shape index (κ2) is 12.6. The molecule has 0 aliphatic carbocycles. The molecule has 4 aromatic rings. The van der Waals surface area contributed by atoms with Gasteiger partial charge >= 0.3 is 5.97 Å². The van der Waals surface area contributed by atoms with Crippen molar-refractivity contribution in [2.45, 2.75) is 32.2 Å². The molecule has 8 nitrogen and oxygen atoms in total. The number of hydrogen-bond acceptors (Lipinski definition) is 8. The van der Waals surface area contributed by atoms with Crippen LogP contribution >= 0.6 is 23.1 Å². The molecular formula is C28H28N4O4S2. The molecule has 0 bridgehead atoms. The molecular weight excluding hydrogens is 520 g/mol. The first-order valence-corrected chi connectivity index (χ1v) is 13.7. The molecule has 0 saturated heterocycles. The first-order chi connectivity index (χ1) is 18.4. The molecule has 10 heteroatoms. The Morgan fingerprint density at radius 2 is 1.92 bits per heavy atom. The number of allylic oxidation sites excluding steroid dienone is 1. The summed E-state index contributed by atoms with van der Waals surface area (Å²) >= 11 is 2.53. The number of aromatic nitrogens is 3. The molecule has 38 heavy (non-hydrogen) atoms. The Hall–Kier alpha value is -3.89. The van der Waals surface area contributed by atoms with Crippen LogP contribution in [0.4, 0.5) is 5.00 Å². The van der Waals surface area contributed by atoms with E-state index in [2.05, 4.69) is 22.1 Å². The summed E-state index contributed by atoms with van der Waals surface area (Å²) in [7, 11) is 1.32. The highest BCUT2D eigenvalue weighted by molar-refractivity contribution is 7.99. The number of carbonyl (C=O) groups excluding carboxylic acids is 2. The first kappa shape index (κ1) is 27.2. The fraction of sp³-hybridized carbons (Fsp3) is 0.214. The fourth-order valence-corrected chi connectivity index (χ4v) is 5.49. The molecule has 0 aliphatic heterocycles. The Labute approximate surface area is 229 Å². The van der Waals surface area contributed by atoms with Gasteiger partial charge in [0.15, 0.2) is 11.0 Å². The van der Waals surface area contributed by atoms with Crippen molar-refractivity contribution < 1.29 is 19.1 Å². The Morgan fingerprint density at radius 1 is 1.13 bits per heavy atom. The number of nitrogens with one attached hydrogen (secondary N) is 1. The summed E-state index contributed by atoms with van der Waals surface area (Å²) < 4.78 is 12.9. The topological polar surface area (TPSA) is 95.3 Å². The van der Waals surface area contributed by atoms with E-state index in [4.69, 9.17) is 9.47 Å². The van der Waals surface area contributed by atoms with E-state index in [0.717, 1.165) is 22.4 Å². The van der Waals surface area contributed by atoms with Gasteiger partial charge in [-0.1, -0.05) is 60.3 Å². The van der Waals surface area contributed by atoms with Crippen molar-refractivity contribution in [3.05, 3.63) is 89.1 Å². The zero-order valence-electron chi connectivity index (χ0n) is 21.4. The number of amides is 1. The minimum absolute atomic E-state index is 0.0757.